The van der Waals surface area contributed by atoms with Crippen LogP contribution >= 0.6 is 34.5 Å². The van der Waals surface area contributed by atoms with E-state index in [9.17, 15) is 4.79 Å². The number of hydrogen-bond donors (Lipinski definition) is 1. The third kappa shape index (κ3) is 3.90. The van der Waals surface area contributed by atoms with E-state index in [1.165, 1.54) is 17.4 Å². The van der Waals surface area contributed by atoms with Crippen molar-refractivity contribution in [3.8, 4) is 10.8 Å². The molecule has 0 unspecified atom stereocenters. The highest BCUT2D eigenvalue weighted by Crippen LogP contribution is 2.23. The van der Waals surface area contributed by atoms with Crippen LogP contribution in [0.25, 0.3) is 10.8 Å². The lowest BCUT2D eigenvalue weighted by Crippen LogP contribution is -2.26. The van der Waals surface area contributed by atoms with Crippen molar-refractivity contribution in [2.24, 2.45) is 0 Å². The molecule has 0 atom stereocenters. The van der Waals surface area contributed by atoms with E-state index in [0.29, 0.717) is 40.4 Å². The molecular formula is C15H11Cl2N3O2S. The highest BCUT2D eigenvalue weighted by atomic mass is 35.5. The number of carbonyl (C=O) groups excluding carboxylic acids is 1. The third-order valence-corrected chi connectivity index (χ3v) is 4.40. The van der Waals surface area contributed by atoms with Crippen LogP contribution < -0.4 is 5.32 Å². The number of benzene rings is 1. The molecule has 5 nitrogen and oxygen atoms in total. The van der Waals surface area contributed by atoms with Crippen molar-refractivity contribution in [3.63, 3.8) is 0 Å². The van der Waals surface area contributed by atoms with Crippen LogP contribution in [0, 0.1) is 0 Å². The molecule has 0 saturated carbocycles. The fourth-order valence-corrected chi connectivity index (χ4v) is 3.04. The number of halogens is 2. The molecule has 8 heteroatoms. The lowest BCUT2D eigenvalue weighted by atomic mass is 10.2. The minimum absolute atomic E-state index is 0.273. The summed E-state index contributed by atoms with van der Waals surface area (Å²) < 4.78 is 5.55. The predicted octanol–water partition coefficient (Wildman–Crippen LogP) is 4.08. The molecule has 2 heterocycles. The van der Waals surface area contributed by atoms with Gasteiger partial charge in [0, 0.05) is 18.0 Å². The minimum atomic E-state index is -0.273. The molecule has 0 saturated heterocycles. The van der Waals surface area contributed by atoms with Gasteiger partial charge in [-0.2, -0.15) is 0 Å². The Morgan fingerprint density at radius 2 is 2.13 bits per heavy atom. The molecular weight excluding hydrogens is 357 g/mol. The molecule has 23 heavy (non-hydrogen) atoms. The molecule has 118 valence electrons. The molecule has 1 amide bonds. The molecule has 3 rings (SSSR count). The summed E-state index contributed by atoms with van der Waals surface area (Å²) in [6.07, 6.45) is 0.440. The lowest BCUT2D eigenvalue weighted by Gasteiger charge is -2.05. The third-order valence-electron chi connectivity index (χ3n) is 3.00. The smallest absolute Gasteiger partial charge is 0.257 e. The quantitative estimate of drug-likeness (QED) is 0.737. The van der Waals surface area contributed by atoms with Crippen molar-refractivity contribution in [3.05, 3.63) is 57.2 Å². The molecule has 0 bridgehead atoms. The SMILES string of the molecule is O=C(NCCc1nnc(-c2cccs2)o1)c1ccc(Cl)cc1Cl. The van der Waals surface area contributed by atoms with Crippen molar-refractivity contribution in [1.82, 2.24) is 15.5 Å². The summed E-state index contributed by atoms with van der Waals surface area (Å²) in [5, 5.41) is 13.4. The second-order valence-electron chi connectivity index (χ2n) is 4.61. The highest BCUT2D eigenvalue weighted by molar-refractivity contribution is 7.13. The van der Waals surface area contributed by atoms with Gasteiger partial charge >= 0.3 is 0 Å². The van der Waals surface area contributed by atoms with Crippen LogP contribution in [0.4, 0.5) is 0 Å². The Morgan fingerprint density at radius 3 is 2.87 bits per heavy atom. The number of thiophene rings is 1. The summed E-state index contributed by atoms with van der Waals surface area (Å²) in [7, 11) is 0. The van der Waals surface area contributed by atoms with Gasteiger partial charge in [-0.25, -0.2) is 0 Å². The van der Waals surface area contributed by atoms with Gasteiger partial charge in [0.1, 0.15) is 0 Å². The second kappa shape index (κ2) is 7.12. The van der Waals surface area contributed by atoms with Gasteiger partial charge in [-0.05, 0) is 29.6 Å². The second-order valence-corrected chi connectivity index (χ2v) is 6.40. The normalized spacial score (nSPS) is 10.7. The highest BCUT2D eigenvalue weighted by Gasteiger charge is 2.12. The Bertz CT molecular complexity index is 818. The van der Waals surface area contributed by atoms with Gasteiger partial charge in [-0.3, -0.25) is 4.79 Å². The number of carbonyl (C=O) groups is 1. The molecule has 2 aromatic heterocycles. The van der Waals surface area contributed by atoms with Crippen LogP contribution in [-0.2, 0) is 6.42 Å². The lowest BCUT2D eigenvalue weighted by molar-refractivity contribution is 0.0954. The number of hydrogen-bond acceptors (Lipinski definition) is 5. The van der Waals surface area contributed by atoms with Crippen LogP contribution in [0.5, 0.6) is 0 Å². The molecule has 3 aromatic rings. The first-order valence-electron chi connectivity index (χ1n) is 6.73. The summed E-state index contributed by atoms with van der Waals surface area (Å²) in [5.41, 5.74) is 0.376. The van der Waals surface area contributed by atoms with E-state index in [1.54, 1.807) is 12.1 Å². The number of nitrogens with one attached hydrogen (secondary N) is 1. The van der Waals surface area contributed by atoms with Gasteiger partial charge in [0.25, 0.3) is 11.8 Å². The van der Waals surface area contributed by atoms with E-state index in [-0.39, 0.29) is 5.91 Å². The van der Waals surface area contributed by atoms with E-state index in [1.807, 2.05) is 17.5 Å². The van der Waals surface area contributed by atoms with Gasteiger partial charge < -0.3 is 9.73 Å². The molecule has 0 fully saturated rings. The van der Waals surface area contributed by atoms with Gasteiger partial charge in [0.2, 0.25) is 5.89 Å². The van der Waals surface area contributed by atoms with Crippen molar-refractivity contribution >= 4 is 40.4 Å². The van der Waals surface area contributed by atoms with Gasteiger partial charge in [0.05, 0.1) is 15.5 Å². The van der Waals surface area contributed by atoms with Crippen LogP contribution in [0.2, 0.25) is 10.0 Å². The minimum Gasteiger partial charge on any atom is -0.420 e. The zero-order chi connectivity index (χ0) is 16.2. The molecule has 1 N–H and O–H groups in total. The zero-order valence-corrected chi connectivity index (χ0v) is 14.1. The first-order valence-corrected chi connectivity index (χ1v) is 8.36. The Labute approximate surface area is 146 Å². The van der Waals surface area contributed by atoms with Gasteiger partial charge in [0.15, 0.2) is 0 Å². The van der Waals surface area contributed by atoms with E-state index >= 15 is 0 Å². The topological polar surface area (TPSA) is 68.0 Å². The van der Waals surface area contributed by atoms with E-state index in [0.717, 1.165) is 4.88 Å². The van der Waals surface area contributed by atoms with Crippen molar-refractivity contribution < 1.29 is 9.21 Å². The van der Waals surface area contributed by atoms with E-state index in [4.69, 9.17) is 27.6 Å². The predicted molar refractivity (Wildman–Crippen MR) is 90.1 cm³/mol. The molecule has 1 aromatic carbocycles. The standard InChI is InChI=1S/C15H11Cl2N3O2S/c16-9-3-4-10(11(17)8-9)14(21)18-6-5-13-19-20-15(22-13)12-2-1-7-23-12/h1-4,7-8H,5-6H2,(H,18,21). The van der Waals surface area contributed by atoms with Crippen molar-refractivity contribution in [1.29, 1.82) is 0 Å². The summed E-state index contributed by atoms with van der Waals surface area (Å²) >= 11 is 13.3. The Balaban J connectivity index is 1.56. The summed E-state index contributed by atoms with van der Waals surface area (Å²) in [4.78, 5) is 13.0. The fraction of sp³-hybridized carbons (Fsp3) is 0.133. The Morgan fingerprint density at radius 1 is 1.26 bits per heavy atom. The van der Waals surface area contributed by atoms with E-state index in [2.05, 4.69) is 15.5 Å². The number of rotatable bonds is 5. The largest absolute Gasteiger partial charge is 0.420 e. The van der Waals surface area contributed by atoms with Crippen molar-refractivity contribution in [2.75, 3.05) is 6.54 Å². The number of amides is 1. The maximum absolute atomic E-state index is 12.1. The average molecular weight is 368 g/mol. The molecule has 0 aliphatic rings. The summed E-state index contributed by atoms with van der Waals surface area (Å²) in [5.74, 6) is 0.683. The summed E-state index contributed by atoms with van der Waals surface area (Å²) in [6.45, 7) is 0.365. The average Bonchev–Trinajstić information content (AvgIpc) is 3.18. The van der Waals surface area contributed by atoms with Crippen LogP contribution in [0.3, 0.4) is 0 Å². The number of aromatic nitrogens is 2. The zero-order valence-electron chi connectivity index (χ0n) is 11.8. The Hall–Kier alpha value is -1.89. The van der Waals surface area contributed by atoms with E-state index < -0.39 is 0 Å². The first kappa shape index (κ1) is 16.0. The van der Waals surface area contributed by atoms with Crippen LogP contribution in [-0.4, -0.2) is 22.6 Å². The maximum atomic E-state index is 12.1. The monoisotopic (exact) mass is 367 g/mol. The molecule has 0 radical (unpaired) electrons. The first-order chi connectivity index (χ1) is 11.1. The summed E-state index contributed by atoms with van der Waals surface area (Å²) in [6, 6.07) is 8.56. The maximum Gasteiger partial charge on any atom is 0.257 e. The van der Waals surface area contributed by atoms with Crippen molar-refractivity contribution in [2.45, 2.75) is 6.42 Å². The fourth-order valence-electron chi connectivity index (χ4n) is 1.91. The molecule has 0 aliphatic carbocycles. The molecule has 0 aliphatic heterocycles. The number of nitrogens with zero attached hydrogens (tertiary/aromatic N) is 2. The van der Waals surface area contributed by atoms with Gasteiger partial charge in [-0.1, -0.05) is 29.3 Å². The van der Waals surface area contributed by atoms with Crippen LogP contribution in [0.1, 0.15) is 16.2 Å². The van der Waals surface area contributed by atoms with Crippen LogP contribution in [0.15, 0.2) is 40.1 Å². The Kier molecular flexibility index (Phi) is 4.95. The molecule has 0 spiro atoms. The van der Waals surface area contributed by atoms with Gasteiger partial charge in [-0.15, -0.1) is 21.5 Å².